The van der Waals surface area contributed by atoms with Gasteiger partial charge < -0.3 is 5.73 Å². The van der Waals surface area contributed by atoms with Crippen molar-refractivity contribution in [1.29, 1.82) is 0 Å². The van der Waals surface area contributed by atoms with Crippen molar-refractivity contribution in [3.8, 4) is 0 Å². The number of Topliss-reactive ketones (excluding diaryl/α,β-unsaturated/α-hetero) is 2. The van der Waals surface area contributed by atoms with Crippen molar-refractivity contribution in [1.82, 2.24) is 5.43 Å². The van der Waals surface area contributed by atoms with E-state index in [2.05, 4.69) is 10.5 Å². The van der Waals surface area contributed by atoms with E-state index < -0.39 is 17.7 Å². The second-order valence-electron chi connectivity index (χ2n) is 6.46. The molecule has 7 heteroatoms. The summed E-state index contributed by atoms with van der Waals surface area (Å²) in [5, 5.41) is 4.20. The highest BCUT2D eigenvalue weighted by Gasteiger charge is 2.41. The van der Waals surface area contributed by atoms with E-state index in [-0.39, 0.29) is 23.8 Å². The number of benzene rings is 2. The number of hydrazone groups is 1. The monoisotopic (exact) mass is 383 g/mol. The molecule has 0 saturated heterocycles. The average Bonchev–Trinajstić information content (AvgIpc) is 2.98. The van der Waals surface area contributed by atoms with Gasteiger partial charge in [0.05, 0.1) is 0 Å². The summed E-state index contributed by atoms with van der Waals surface area (Å²) in [6.07, 6.45) is -0.154. The zero-order valence-electron chi connectivity index (χ0n) is 14.6. The molecule has 6 nitrogen and oxygen atoms in total. The smallest absolute Gasteiger partial charge is 0.251 e. The number of hydrogen-bond acceptors (Lipinski definition) is 5. The largest absolute Gasteiger partial charge is 0.385 e. The average molecular weight is 384 g/mol. The van der Waals surface area contributed by atoms with Gasteiger partial charge in [0.2, 0.25) is 0 Å². The van der Waals surface area contributed by atoms with Gasteiger partial charge in [0.1, 0.15) is 11.8 Å². The molecule has 3 rings (SSSR count). The molecule has 2 aromatic carbocycles. The molecular weight excluding hydrogens is 366 g/mol. The lowest BCUT2D eigenvalue weighted by atomic mass is 9.80. The number of aryl methyl sites for hydroxylation is 1. The molecule has 2 aromatic rings. The lowest BCUT2D eigenvalue weighted by Gasteiger charge is -2.20. The first-order valence-corrected chi connectivity index (χ1v) is 8.77. The van der Waals surface area contributed by atoms with Crippen molar-refractivity contribution in [2.75, 3.05) is 0 Å². The van der Waals surface area contributed by atoms with Crippen molar-refractivity contribution < 1.29 is 14.4 Å². The first-order valence-electron chi connectivity index (χ1n) is 8.39. The van der Waals surface area contributed by atoms with Crippen molar-refractivity contribution in [2.45, 2.75) is 13.3 Å². The molecule has 0 aliphatic carbocycles. The Kier molecular flexibility index (Phi) is 5.37. The second kappa shape index (κ2) is 7.72. The first kappa shape index (κ1) is 18.8. The van der Waals surface area contributed by atoms with Crippen LogP contribution in [0.2, 0.25) is 5.02 Å². The maximum Gasteiger partial charge on any atom is 0.251 e. The van der Waals surface area contributed by atoms with Crippen LogP contribution in [0.1, 0.15) is 32.7 Å². The molecule has 1 amide bonds. The third-order valence-electron chi connectivity index (χ3n) is 4.54. The number of amidine groups is 1. The number of amides is 1. The molecule has 27 heavy (non-hydrogen) atoms. The molecule has 2 unspecified atom stereocenters. The maximum atomic E-state index is 13.1. The Balaban J connectivity index is 1.92. The Hall–Kier alpha value is -2.99. The van der Waals surface area contributed by atoms with Crippen LogP contribution in [0.5, 0.6) is 0 Å². The van der Waals surface area contributed by atoms with Crippen LogP contribution in [0.15, 0.2) is 53.6 Å². The molecule has 1 aliphatic rings. The Bertz CT molecular complexity index is 920. The number of ketones is 2. The zero-order chi connectivity index (χ0) is 19.6. The Morgan fingerprint density at radius 2 is 1.70 bits per heavy atom. The number of nitrogens with two attached hydrogens (primary N) is 1. The highest BCUT2D eigenvalue weighted by molar-refractivity contribution is 6.30. The highest BCUT2D eigenvalue weighted by atomic mass is 35.5. The van der Waals surface area contributed by atoms with Gasteiger partial charge in [-0.25, -0.2) is 5.43 Å². The fraction of sp³-hybridized carbons (Fsp3) is 0.200. The fourth-order valence-corrected chi connectivity index (χ4v) is 3.16. The molecule has 2 atom stereocenters. The van der Waals surface area contributed by atoms with E-state index in [1.165, 1.54) is 0 Å². The van der Waals surface area contributed by atoms with E-state index in [1.807, 2.05) is 19.1 Å². The highest BCUT2D eigenvalue weighted by Crippen LogP contribution is 2.27. The minimum atomic E-state index is -0.984. The number of carbonyl (C=O) groups is 3. The summed E-state index contributed by atoms with van der Waals surface area (Å²) in [6, 6.07) is 13.3. The number of halogens is 1. The lowest BCUT2D eigenvalue weighted by molar-refractivity contribution is -0.122. The molecule has 0 radical (unpaired) electrons. The lowest BCUT2D eigenvalue weighted by Crippen LogP contribution is -2.39. The van der Waals surface area contributed by atoms with E-state index in [4.69, 9.17) is 17.3 Å². The molecule has 0 spiro atoms. The summed E-state index contributed by atoms with van der Waals surface area (Å²) in [5.41, 5.74) is 9.95. The predicted molar refractivity (Wildman–Crippen MR) is 103 cm³/mol. The van der Waals surface area contributed by atoms with E-state index >= 15 is 0 Å². The van der Waals surface area contributed by atoms with Crippen LogP contribution in [0.25, 0.3) is 0 Å². The predicted octanol–water partition coefficient (Wildman–Crippen LogP) is 2.74. The summed E-state index contributed by atoms with van der Waals surface area (Å²) in [7, 11) is 0. The first-order chi connectivity index (χ1) is 12.9. The molecule has 0 fully saturated rings. The van der Waals surface area contributed by atoms with Crippen LogP contribution in [0.3, 0.4) is 0 Å². The van der Waals surface area contributed by atoms with E-state index in [0.29, 0.717) is 16.1 Å². The summed E-state index contributed by atoms with van der Waals surface area (Å²) < 4.78 is 0. The van der Waals surface area contributed by atoms with Gasteiger partial charge in [0.15, 0.2) is 11.6 Å². The van der Waals surface area contributed by atoms with E-state index in [1.54, 1.807) is 36.4 Å². The molecule has 1 aliphatic heterocycles. The number of nitrogens with zero attached hydrogens (tertiary/aromatic N) is 1. The van der Waals surface area contributed by atoms with Crippen molar-refractivity contribution in [3.05, 3.63) is 70.2 Å². The SMILES string of the molecule is Cc1ccc(C(=O)CC(C(=O)c2ccc(Cl)cc2)C2C(=O)NN=C2N)cc1. The molecule has 1 heterocycles. The van der Waals surface area contributed by atoms with Crippen LogP contribution in [-0.2, 0) is 4.79 Å². The second-order valence-corrected chi connectivity index (χ2v) is 6.90. The number of rotatable bonds is 6. The molecule has 0 aromatic heterocycles. The molecule has 0 saturated carbocycles. The molecule has 0 bridgehead atoms. The van der Waals surface area contributed by atoms with Gasteiger partial charge in [-0.3, -0.25) is 14.4 Å². The maximum absolute atomic E-state index is 13.1. The summed E-state index contributed by atoms with van der Waals surface area (Å²) in [5.74, 6) is -3.02. The van der Waals surface area contributed by atoms with Crippen molar-refractivity contribution in [2.24, 2.45) is 22.7 Å². The Morgan fingerprint density at radius 3 is 2.26 bits per heavy atom. The normalized spacial score (nSPS) is 17.2. The van der Waals surface area contributed by atoms with Crippen LogP contribution >= 0.6 is 11.6 Å². The van der Waals surface area contributed by atoms with Crippen LogP contribution in [0, 0.1) is 18.8 Å². The van der Waals surface area contributed by atoms with Gasteiger partial charge in [-0.05, 0) is 31.2 Å². The molecule has 138 valence electrons. The summed E-state index contributed by atoms with van der Waals surface area (Å²) in [6.45, 7) is 1.92. The zero-order valence-corrected chi connectivity index (χ0v) is 15.4. The minimum Gasteiger partial charge on any atom is -0.385 e. The Labute approximate surface area is 161 Å². The topological polar surface area (TPSA) is 102 Å². The fourth-order valence-electron chi connectivity index (χ4n) is 3.03. The van der Waals surface area contributed by atoms with Crippen LogP contribution < -0.4 is 11.2 Å². The number of carbonyl (C=O) groups excluding carboxylic acids is 3. The summed E-state index contributed by atoms with van der Waals surface area (Å²) >= 11 is 5.88. The van der Waals surface area contributed by atoms with Gasteiger partial charge >= 0.3 is 0 Å². The van der Waals surface area contributed by atoms with Crippen molar-refractivity contribution >= 4 is 34.9 Å². The van der Waals surface area contributed by atoms with Gasteiger partial charge in [-0.1, -0.05) is 41.4 Å². The minimum absolute atomic E-state index is 0.00372. The van der Waals surface area contributed by atoms with Crippen molar-refractivity contribution in [3.63, 3.8) is 0 Å². The number of hydrogen-bond donors (Lipinski definition) is 2. The van der Waals surface area contributed by atoms with Gasteiger partial charge in [-0.15, -0.1) is 0 Å². The van der Waals surface area contributed by atoms with Crippen LogP contribution in [0.4, 0.5) is 0 Å². The van der Waals surface area contributed by atoms with E-state index in [9.17, 15) is 14.4 Å². The van der Waals surface area contributed by atoms with Crippen LogP contribution in [-0.4, -0.2) is 23.3 Å². The van der Waals surface area contributed by atoms with Gasteiger partial charge in [0, 0.05) is 28.5 Å². The summed E-state index contributed by atoms with van der Waals surface area (Å²) in [4.78, 5) is 38.0. The quantitative estimate of drug-likeness (QED) is 0.748. The molecule has 3 N–H and O–H groups in total. The van der Waals surface area contributed by atoms with Gasteiger partial charge in [0.25, 0.3) is 5.91 Å². The Morgan fingerprint density at radius 1 is 1.11 bits per heavy atom. The standard InChI is InChI=1S/C20H18ClN3O3/c1-11-2-4-12(5-3-11)16(25)10-15(17-19(22)23-24-20(17)27)18(26)13-6-8-14(21)9-7-13/h2-9,15,17H,10H2,1H3,(H2,22,23)(H,24,27). The van der Waals surface area contributed by atoms with Gasteiger partial charge in [-0.2, -0.15) is 5.10 Å². The molecular formula is C20H18ClN3O3. The number of nitrogens with one attached hydrogen (secondary N) is 1. The third-order valence-corrected chi connectivity index (χ3v) is 4.80. The third kappa shape index (κ3) is 4.06. The van der Waals surface area contributed by atoms with E-state index in [0.717, 1.165) is 5.56 Å².